The number of para-hydroxylation sites is 1. The molecule has 7 heteroatoms. The number of hydrogen-bond acceptors (Lipinski definition) is 5. The lowest BCUT2D eigenvalue weighted by molar-refractivity contribution is -0.122. The highest BCUT2D eigenvalue weighted by molar-refractivity contribution is 6.04. The summed E-state index contributed by atoms with van der Waals surface area (Å²) in [4.78, 5) is 29.2. The molecular formula is C23H23N3O4. The molecule has 2 N–H and O–H groups in total. The fraction of sp³-hybridized carbons (Fsp3) is 0.174. The van der Waals surface area contributed by atoms with E-state index in [2.05, 4.69) is 15.6 Å². The van der Waals surface area contributed by atoms with Gasteiger partial charge in [0.1, 0.15) is 11.5 Å². The minimum absolute atomic E-state index is 0.293. The Bertz CT molecular complexity index is 991. The Morgan fingerprint density at radius 1 is 1.00 bits per heavy atom. The van der Waals surface area contributed by atoms with Crippen LogP contribution in [0, 0.1) is 0 Å². The molecule has 154 valence electrons. The number of benzene rings is 2. The number of pyridine rings is 1. The van der Waals surface area contributed by atoms with Crippen LogP contribution in [0.5, 0.6) is 11.5 Å². The maximum Gasteiger partial charge on any atom is 0.265 e. The van der Waals surface area contributed by atoms with E-state index >= 15 is 0 Å². The van der Waals surface area contributed by atoms with E-state index < -0.39 is 6.10 Å². The van der Waals surface area contributed by atoms with Crippen LogP contribution in [0.25, 0.3) is 0 Å². The van der Waals surface area contributed by atoms with Gasteiger partial charge in [-0.1, -0.05) is 18.2 Å². The first-order valence-corrected chi connectivity index (χ1v) is 9.44. The molecule has 0 fully saturated rings. The van der Waals surface area contributed by atoms with E-state index in [0.29, 0.717) is 29.3 Å². The van der Waals surface area contributed by atoms with Crippen LogP contribution >= 0.6 is 0 Å². The lowest BCUT2D eigenvalue weighted by Gasteiger charge is -2.16. The van der Waals surface area contributed by atoms with Crippen molar-refractivity contribution in [3.8, 4) is 11.5 Å². The van der Waals surface area contributed by atoms with Gasteiger partial charge >= 0.3 is 0 Å². The second kappa shape index (κ2) is 10.1. The summed E-state index contributed by atoms with van der Waals surface area (Å²) in [6, 6.07) is 17.5. The highest BCUT2D eigenvalue weighted by Gasteiger charge is 2.18. The van der Waals surface area contributed by atoms with E-state index in [-0.39, 0.29) is 11.8 Å². The standard InChI is InChI=1S/C23H23N3O4/c1-16(30-19-11-9-18(29-2)10-12-19)22(27)26-21-8-4-3-7-20(21)23(28)25-15-17-6-5-13-24-14-17/h3-14,16H,15H2,1-2H3,(H,25,28)(H,26,27)/t16-/m1/s1. The Labute approximate surface area is 175 Å². The maximum atomic E-state index is 12.6. The summed E-state index contributed by atoms with van der Waals surface area (Å²) in [6.07, 6.45) is 2.60. The molecule has 3 rings (SSSR count). The number of ether oxygens (including phenoxy) is 2. The summed E-state index contributed by atoms with van der Waals surface area (Å²) in [7, 11) is 1.58. The van der Waals surface area contributed by atoms with Crippen LogP contribution in [0.1, 0.15) is 22.8 Å². The Balaban J connectivity index is 1.62. The van der Waals surface area contributed by atoms with Crippen LogP contribution in [-0.2, 0) is 11.3 Å². The Kier molecular flexibility index (Phi) is 7.00. The normalized spacial score (nSPS) is 11.3. The molecule has 3 aromatic rings. The van der Waals surface area contributed by atoms with Crippen molar-refractivity contribution in [3.63, 3.8) is 0 Å². The minimum Gasteiger partial charge on any atom is -0.497 e. The third-order valence-electron chi connectivity index (χ3n) is 4.35. The average molecular weight is 405 g/mol. The lowest BCUT2D eigenvalue weighted by Crippen LogP contribution is -2.31. The molecule has 0 bridgehead atoms. The molecule has 0 aliphatic carbocycles. The molecule has 0 aliphatic rings. The van der Waals surface area contributed by atoms with Crippen molar-refractivity contribution in [1.82, 2.24) is 10.3 Å². The van der Waals surface area contributed by atoms with E-state index in [1.165, 1.54) is 0 Å². The predicted molar refractivity (Wildman–Crippen MR) is 114 cm³/mol. The quantitative estimate of drug-likeness (QED) is 0.599. The number of anilines is 1. The van der Waals surface area contributed by atoms with E-state index in [9.17, 15) is 9.59 Å². The smallest absolute Gasteiger partial charge is 0.265 e. The van der Waals surface area contributed by atoms with Crippen LogP contribution in [0.2, 0.25) is 0 Å². The van der Waals surface area contributed by atoms with Crippen LogP contribution < -0.4 is 20.1 Å². The first kappa shape index (κ1) is 20.9. The molecule has 2 aromatic carbocycles. The van der Waals surface area contributed by atoms with Crippen molar-refractivity contribution in [3.05, 3.63) is 84.2 Å². The number of rotatable bonds is 8. The van der Waals surface area contributed by atoms with Crippen molar-refractivity contribution in [2.45, 2.75) is 19.6 Å². The molecule has 0 saturated carbocycles. The summed E-state index contributed by atoms with van der Waals surface area (Å²) in [5.41, 5.74) is 1.66. The number of amides is 2. The van der Waals surface area contributed by atoms with Gasteiger partial charge in [-0.2, -0.15) is 0 Å². The van der Waals surface area contributed by atoms with E-state index in [0.717, 1.165) is 5.56 Å². The Morgan fingerprint density at radius 2 is 1.73 bits per heavy atom. The highest BCUT2D eigenvalue weighted by atomic mass is 16.5. The molecule has 7 nitrogen and oxygen atoms in total. The van der Waals surface area contributed by atoms with Gasteiger partial charge in [0.05, 0.1) is 18.4 Å². The topological polar surface area (TPSA) is 89.5 Å². The third kappa shape index (κ3) is 5.57. The van der Waals surface area contributed by atoms with Crippen molar-refractivity contribution in [2.75, 3.05) is 12.4 Å². The summed E-state index contributed by atoms with van der Waals surface area (Å²) in [5.74, 6) is 0.587. The number of methoxy groups -OCH3 is 1. The Morgan fingerprint density at radius 3 is 2.43 bits per heavy atom. The van der Waals surface area contributed by atoms with Gasteiger partial charge in [0.15, 0.2) is 6.10 Å². The van der Waals surface area contributed by atoms with Gasteiger partial charge in [-0.15, -0.1) is 0 Å². The predicted octanol–water partition coefficient (Wildman–Crippen LogP) is 3.43. The maximum absolute atomic E-state index is 12.6. The molecule has 1 aromatic heterocycles. The minimum atomic E-state index is -0.759. The van der Waals surface area contributed by atoms with E-state index in [4.69, 9.17) is 9.47 Å². The van der Waals surface area contributed by atoms with Crippen molar-refractivity contribution in [2.24, 2.45) is 0 Å². The molecule has 2 amide bonds. The number of carbonyl (C=O) groups is 2. The van der Waals surface area contributed by atoms with Gasteiger partial charge in [-0.3, -0.25) is 14.6 Å². The number of aromatic nitrogens is 1. The van der Waals surface area contributed by atoms with Crippen LogP contribution in [0.4, 0.5) is 5.69 Å². The zero-order valence-corrected chi connectivity index (χ0v) is 16.8. The molecular weight excluding hydrogens is 382 g/mol. The largest absolute Gasteiger partial charge is 0.497 e. The second-order valence-electron chi connectivity index (χ2n) is 6.51. The Hall–Kier alpha value is -3.87. The van der Waals surface area contributed by atoms with Gasteiger partial charge in [0.2, 0.25) is 0 Å². The zero-order chi connectivity index (χ0) is 21.3. The molecule has 0 radical (unpaired) electrons. The molecule has 0 spiro atoms. The number of nitrogens with zero attached hydrogens (tertiary/aromatic N) is 1. The van der Waals surface area contributed by atoms with Gasteiger partial charge in [0, 0.05) is 18.9 Å². The van der Waals surface area contributed by atoms with Crippen molar-refractivity contribution in [1.29, 1.82) is 0 Å². The van der Waals surface area contributed by atoms with Crippen LogP contribution in [0.15, 0.2) is 73.1 Å². The fourth-order valence-corrected chi connectivity index (χ4v) is 2.72. The van der Waals surface area contributed by atoms with Gasteiger partial charge in [-0.25, -0.2) is 0 Å². The van der Waals surface area contributed by atoms with Gasteiger partial charge in [0.25, 0.3) is 11.8 Å². The average Bonchev–Trinajstić information content (AvgIpc) is 2.79. The molecule has 0 unspecified atom stereocenters. The van der Waals surface area contributed by atoms with E-state index in [1.807, 2.05) is 6.07 Å². The van der Waals surface area contributed by atoms with Crippen molar-refractivity contribution < 1.29 is 19.1 Å². The molecule has 1 atom stereocenters. The monoisotopic (exact) mass is 405 g/mol. The zero-order valence-electron chi connectivity index (χ0n) is 16.8. The second-order valence-corrected chi connectivity index (χ2v) is 6.51. The van der Waals surface area contributed by atoms with Gasteiger partial charge < -0.3 is 20.1 Å². The number of carbonyl (C=O) groups excluding carboxylic acids is 2. The van der Waals surface area contributed by atoms with Crippen LogP contribution in [-0.4, -0.2) is 30.0 Å². The highest BCUT2D eigenvalue weighted by Crippen LogP contribution is 2.20. The van der Waals surface area contributed by atoms with Crippen molar-refractivity contribution >= 4 is 17.5 Å². The fourth-order valence-electron chi connectivity index (χ4n) is 2.72. The SMILES string of the molecule is COc1ccc(O[C@H](C)C(=O)Nc2ccccc2C(=O)NCc2cccnc2)cc1. The summed E-state index contributed by atoms with van der Waals surface area (Å²) in [5, 5.41) is 5.61. The summed E-state index contributed by atoms with van der Waals surface area (Å²) >= 11 is 0. The molecule has 30 heavy (non-hydrogen) atoms. The molecule has 0 saturated heterocycles. The number of hydrogen-bond donors (Lipinski definition) is 2. The van der Waals surface area contributed by atoms with Crippen LogP contribution in [0.3, 0.4) is 0 Å². The summed E-state index contributed by atoms with van der Waals surface area (Å²) in [6.45, 7) is 1.98. The number of nitrogens with one attached hydrogen (secondary N) is 2. The molecule has 0 aliphatic heterocycles. The molecule has 1 heterocycles. The summed E-state index contributed by atoms with van der Waals surface area (Å²) < 4.78 is 10.8. The lowest BCUT2D eigenvalue weighted by atomic mass is 10.1. The first-order chi connectivity index (χ1) is 14.6. The van der Waals surface area contributed by atoms with E-state index in [1.54, 1.807) is 81.0 Å². The third-order valence-corrected chi connectivity index (χ3v) is 4.35. The van der Waals surface area contributed by atoms with Gasteiger partial charge in [-0.05, 0) is 55.0 Å². The first-order valence-electron chi connectivity index (χ1n) is 9.44.